The van der Waals surface area contributed by atoms with Crippen LogP contribution in [0.2, 0.25) is 0 Å². The average Bonchev–Trinajstić information content (AvgIpc) is 2.14. The molecule has 78 valence electrons. The normalized spacial score (nSPS) is 10.3. The van der Waals surface area contributed by atoms with Crippen molar-refractivity contribution in [3.63, 3.8) is 0 Å². The fourth-order valence-electron chi connectivity index (χ4n) is 1.07. The molecule has 0 bridgehead atoms. The van der Waals surface area contributed by atoms with Gasteiger partial charge in [0.05, 0.1) is 5.69 Å². The maximum Gasteiger partial charge on any atom is 0.146 e. The number of hydrogen-bond donors (Lipinski definition) is 1. The van der Waals surface area contributed by atoms with Crippen LogP contribution >= 0.6 is 11.8 Å². The van der Waals surface area contributed by atoms with Crippen LogP contribution < -0.4 is 5.32 Å². The SMILES string of the molecule is CSCCNc1cc(F)c(C)cc1F. The second kappa shape index (κ2) is 5.20. The van der Waals surface area contributed by atoms with Gasteiger partial charge in [-0.25, -0.2) is 8.78 Å². The zero-order chi connectivity index (χ0) is 10.6. The highest BCUT2D eigenvalue weighted by Gasteiger charge is 2.05. The quantitative estimate of drug-likeness (QED) is 0.778. The van der Waals surface area contributed by atoms with E-state index in [1.165, 1.54) is 12.1 Å². The molecule has 0 spiro atoms. The van der Waals surface area contributed by atoms with Gasteiger partial charge in [-0.1, -0.05) is 0 Å². The third kappa shape index (κ3) is 2.87. The maximum atomic E-state index is 13.2. The molecule has 1 aromatic carbocycles. The molecule has 14 heavy (non-hydrogen) atoms. The first-order chi connectivity index (χ1) is 6.65. The minimum atomic E-state index is -0.398. The molecule has 0 aliphatic rings. The van der Waals surface area contributed by atoms with Gasteiger partial charge in [-0.05, 0) is 24.8 Å². The summed E-state index contributed by atoms with van der Waals surface area (Å²) >= 11 is 1.66. The van der Waals surface area contributed by atoms with E-state index in [1.54, 1.807) is 18.7 Å². The van der Waals surface area contributed by atoms with Crippen LogP contribution in [0.25, 0.3) is 0 Å². The Morgan fingerprint density at radius 3 is 2.64 bits per heavy atom. The Morgan fingerprint density at radius 2 is 2.00 bits per heavy atom. The molecule has 0 radical (unpaired) electrons. The zero-order valence-electron chi connectivity index (χ0n) is 8.23. The van der Waals surface area contributed by atoms with Crippen LogP contribution in [0.4, 0.5) is 14.5 Å². The molecule has 0 fully saturated rings. The van der Waals surface area contributed by atoms with Crippen LogP contribution in [0.5, 0.6) is 0 Å². The van der Waals surface area contributed by atoms with Crippen molar-refractivity contribution in [2.45, 2.75) is 6.92 Å². The highest BCUT2D eigenvalue weighted by atomic mass is 32.2. The van der Waals surface area contributed by atoms with E-state index in [1.807, 2.05) is 6.26 Å². The van der Waals surface area contributed by atoms with Crippen LogP contribution in [0.3, 0.4) is 0 Å². The van der Waals surface area contributed by atoms with E-state index in [0.29, 0.717) is 12.1 Å². The molecule has 0 aromatic heterocycles. The van der Waals surface area contributed by atoms with E-state index in [-0.39, 0.29) is 11.5 Å². The second-order valence-corrected chi connectivity index (χ2v) is 3.99. The minimum Gasteiger partial charge on any atom is -0.382 e. The van der Waals surface area contributed by atoms with E-state index < -0.39 is 5.82 Å². The van der Waals surface area contributed by atoms with Gasteiger partial charge in [0.25, 0.3) is 0 Å². The van der Waals surface area contributed by atoms with Crippen LogP contribution in [-0.4, -0.2) is 18.6 Å². The summed E-state index contributed by atoms with van der Waals surface area (Å²) in [7, 11) is 0. The first kappa shape index (κ1) is 11.3. The van der Waals surface area contributed by atoms with Crippen LogP contribution in [0.15, 0.2) is 12.1 Å². The average molecular weight is 217 g/mol. The maximum absolute atomic E-state index is 13.2. The summed E-state index contributed by atoms with van der Waals surface area (Å²) in [5.41, 5.74) is 0.570. The standard InChI is InChI=1S/C10H13F2NS/c1-7-5-9(12)10(6-8(7)11)13-3-4-14-2/h5-6,13H,3-4H2,1-2H3. The van der Waals surface area contributed by atoms with Crippen molar-refractivity contribution in [2.24, 2.45) is 0 Å². The molecule has 0 aliphatic carbocycles. The van der Waals surface area contributed by atoms with Gasteiger partial charge in [0.2, 0.25) is 0 Å². The fraction of sp³-hybridized carbons (Fsp3) is 0.400. The summed E-state index contributed by atoms with van der Waals surface area (Å²) in [4.78, 5) is 0. The summed E-state index contributed by atoms with van der Waals surface area (Å²) in [5.74, 6) is 0.0950. The molecule has 0 heterocycles. The fourth-order valence-corrected chi connectivity index (χ4v) is 1.38. The molecular weight excluding hydrogens is 204 g/mol. The number of hydrogen-bond acceptors (Lipinski definition) is 2. The summed E-state index contributed by atoms with van der Waals surface area (Å²) in [6.07, 6.45) is 1.97. The lowest BCUT2D eigenvalue weighted by Gasteiger charge is -2.07. The van der Waals surface area contributed by atoms with Crippen molar-refractivity contribution >= 4 is 17.4 Å². The van der Waals surface area contributed by atoms with Gasteiger partial charge < -0.3 is 5.32 Å². The predicted octanol–water partition coefficient (Wildman–Crippen LogP) is 3.05. The van der Waals surface area contributed by atoms with Crippen molar-refractivity contribution in [1.29, 1.82) is 0 Å². The van der Waals surface area contributed by atoms with Crippen LogP contribution in [0, 0.1) is 18.6 Å². The Kier molecular flexibility index (Phi) is 4.20. The number of anilines is 1. The van der Waals surface area contributed by atoms with Crippen molar-refractivity contribution in [1.82, 2.24) is 0 Å². The smallest absolute Gasteiger partial charge is 0.146 e. The molecule has 4 heteroatoms. The highest BCUT2D eigenvalue weighted by molar-refractivity contribution is 7.98. The lowest BCUT2D eigenvalue weighted by Crippen LogP contribution is -2.06. The number of rotatable bonds is 4. The van der Waals surface area contributed by atoms with E-state index in [0.717, 1.165) is 5.75 Å². The Labute approximate surface area is 86.9 Å². The second-order valence-electron chi connectivity index (χ2n) is 3.00. The molecule has 0 unspecified atom stereocenters. The van der Waals surface area contributed by atoms with E-state index in [9.17, 15) is 8.78 Å². The van der Waals surface area contributed by atoms with Crippen molar-refractivity contribution in [3.8, 4) is 0 Å². The molecule has 1 nitrogen and oxygen atoms in total. The molecule has 0 aliphatic heterocycles. The van der Waals surface area contributed by atoms with Crippen molar-refractivity contribution in [3.05, 3.63) is 29.3 Å². The van der Waals surface area contributed by atoms with Gasteiger partial charge in [0, 0.05) is 18.4 Å². The summed E-state index contributed by atoms with van der Waals surface area (Å²) in [6, 6.07) is 2.40. The highest BCUT2D eigenvalue weighted by Crippen LogP contribution is 2.18. The molecular formula is C10H13F2NS. The Morgan fingerprint density at radius 1 is 1.29 bits per heavy atom. The summed E-state index contributed by atoms with van der Waals surface area (Å²) in [6.45, 7) is 2.19. The van der Waals surface area contributed by atoms with Gasteiger partial charge in [0.1, 0.15) is 11.6 Å². The molecule has 1 N–H and O–H groups in total. The minimum absolute atomic E-state index is 0.238. The van der Waals surface area contributed by atoms with Crippen LogP contribution in [0.1, 0.15) is 5.56 Å². The molecule has 0 saturated carbocycles. The van der Waals surface area contributed by atoms with Gasteiger partial charge in [0.15, 0.2) is 0 Å². The molecule has 1 rings (SSSR count). The van der Waals surface area contributed by atoms with Gasteiger partial charge in [-0.2, -0.15) is 11.8 Å². The number of aryl methyl sites for hydroxylation is 1. The third-order valence-corrected chi connectivity index (χ3v) is 2.48. The Balaban J connectivity index is 2.72. The number of nitrogens with one attached hydrogen (secondary N) is 1. The van der Waals surface area contributed by atoms with Gasteiger partial charge in [-0.15, -0.1) is 0 Å². The molecule has 0 atom stereocenters. The van der Waals surface area contributed by atoms with E-state index in [2.05, 4.69) is 5.32 Å². The lowest BCUT2D eigenvalue weighted by molar-refractivity contribution is 0.595. The topological polar surface area (TPSA) is 12.0 Å². The molecule has 0 saturated heterocycles. The Hall–Kier alpha value is -0.770. The molecule has 0 amide bonds. The van der Waals surface area contributed by atoms with Crippen LogP contribution in [-0.2, 0) is 0 Å². The van der Waals surface area contributed by atoms with Crippen molar-refractivity contribution < 1.29 is 8.78 Å². The van der Waals surface area contributed by atoms with Gasteiger partial charge >= 0.3 is 0 Å². The lowest BCUT2D eigenvalue weighted by atomic mass is 10.2. The van der Waals surface area contributed by atoms with Gasteiger partial charge in [-0.3, -0.25) is 0 Å². The Bertz CT molecular complexity index is 315. The monoisotopic (exact) mass is 217 g/mol. The molecule has 1 aromatic rings. The summed E-state index contributed by atoms with van der Waals surface area (Å²) < 4.78 is 26.3. The third-order valence-electron chi connectivity index (χ3n) is 1.87. The predicted molar refractivity (Wildman–Crippen MR) is 58.0 cm³/mol. The van der Waals surface area contributed by atoms with E-state index in [4.69, 9.17) is 0 Å². The number of halogens is 2. The number of thioether (sulfide) groups is 1. The van der Waals surface area contributed by atoms with E-state index >= 15 is 0 Å². The number of benzene rings is 1. The zero-order valence-corrected chi connectivity index (χ0v) is 9.05. The summed E-state index contributed by atoms with van der Waals surface area (Å²) in [5, 5.41) is 2.85. The first-order valence-electron chi connectivity index (χ1n) is 4.33. The van der Waals surface area contributed by atoms with Crippen molar-refractivity contribution in [2.75, 3.05) is 23.9 Å². The largest absolute Gasteiger partial charge is 0.382 e. The first-order valence-corrected chi connectivity index (χ1v) is 5.73.